The number of benzene rings is 1. The lowest BCUT2D eigenvalue weighted by atomic mass is 10.1. The molecule has 0 radical (unpaired) electrons. The summed E-state index contributed by atoms with van der Waals surface area (Å²) in [5, 5.41) is 2.28. The second-order valence-electron chi connectivity index (χ2n) is 9.01. The van der Waals surface area contributed by atoms with Crippen LogP contribution in [0, 0.1) is 5.92 Å². The number of rotatable bonds is 12. The monoisotopic (exact) mass is 449 g/mol. The number of sulfonamides is 1. The first-order chi connectivity index (χ1) is 14.8. The summed E-state index contributed by atoms with van der Waals surface area (Å²) in [5.41, 5.74) is 0.448. The fourth-order valence-corrected chi connectivity index (χ4v) is 5.55. The third kappa shape index (κ3) is 5.57. The van der Waals surface area contributed by atoms with Crippen LogP contribution in [-0.4, -0.2) is 50.2 Å². The standard InChI is InChI=1S/C22H31N3O5S/c1-16-20(26)23-21(27)25(16)12-3-2-4-13-31(28,29)24-22(10-11-22)18-6-5-7-19(14-18)30-15-17-8-9-17/h5-7,14,16-17,24H,2-4,8-13,15H2,1H3,(H,23,26,27). The quantitative estimate of drug-likeness (QED) is 0.377. The Balaban J connectivity index is 1.23. The number of unbranched alkanes of at least 4 members (excludes halogenated alkanes) is 2. The summed E-state index contributed by atoms with van der Waals surface area (Å²) in [4.78, 5) is 24.7. The summed E-state index contributed by atoms with van der Waals surface area (Å²) in [6, 6.07) is 6.94. The molecule has 2 N–H and O–H groups in total. The van der Waals surface area contributed by atoms with E-state index in [0.29, 0.717) is 31.7 Å². The van der Waals surface area contributed by atoms with Crippen LogP contribution in [0.3, 0.4) is 0 Å². The smallest absolute Gasteiger partial charge is 0.324 e. The molecule has 0 spiro atoms. The number of nitrogens with one attached hydrogen (secondary N) is 2. The number of nitrogens with zero attached hydrogens (tertiary/aromatic N) is 1. The summed E-state index contributed by atoms with van der Waals surface area (Å²) < 4.78 is 34.1. The lowest BCUT2D eigenvalue weighted by Gasteiger charge is -2.20. The van der Waals surface area contributed by atoms with Gasteiger partial charge in [-0.3, -0.25) is 10.1 Å². The molecule has 2 aliphatic carbocycles. The zero-order valence-electron chi connectivity index (χ0n) is 17.9. The van der Waals surface area contributed by atoms with Crippen LogP contribution in [0.5, 0.6) is 5.75 Å². The predicted molar refractivity (Wildman–Crippen MR) is 116 cm³/mol. The van der Waals surface area contributed by atoms with Crippen molar-refractivity contribution in [3.05, 3.63) is 29.8 Å². The highest BCUT2D eigenvalue weighted by atomic mass is 32.2. The van der Waals surface area contributed by atoms with Gasteiger partial charge in [-0.05, 0) is 69.1 Å². The van der Waals surface area contributed by atoms with E-state index in [9.17, 15) is 18.0 Å². The molecule has 1 atom stereocenters. The minimum absolute atomic E-state index is 0.0489. The van der Waals surface area contributed by atoms with E-state index in [2.05, 4.69) is 10.0 Å². The van der Waals surface area contributed by atoms with Gasteiger partial charge in [0, 0.05) is 6.54 Å². The summed E-state index contributed by atoms with van der Waals surface area (Å²) in [5.74, 6) is 1.23. The van der Waals surface area contributed by atoms with Gasteiger partial charge in [0.2, 0.25) is 10.0 Å². The molecule has 1 aromatic carbocycles. The third-order valence-corrected chi connectivity index (χ3v) is 7.85. The van der Waals surface area contributed by atoms with Crippen molar-refractivity contribution in [2.24, 2.45) is 5.92 Å². The van der Waals surface area contributed by atoms with Gasteiger partial charge in [-0.2, -0.15) is 0 Å². The van der Waals surface area contributed by atoms with Crippen molar-refractivity contribution < 1.29 is 22.7 Å². The van der Waals surface area contributed by atoms with Crippen molar-refractivity contribution in [2.45, 2.75) is 63.5 Å². The van der Waals surface area contributed by atoms with Gasteiger partial charge in [-0.15, -0.1) is 0 Å². The first kappa shape index (κ1) is 22.1. The van der Waals surface area contributed by atoms with Crippen LogP contribution in [-0.2, 0) is 20.4 Å². The molecule has 2 saturated carbocycles. The van der Waals surface area contributed by atoms with Crippen LogP contribution >= 0.6 is 0 Å². The normalized spacial score (nSPS) is 22.5. The van der Waals surface area contributed by atoms with Crippen LogP contribution in [0.2, 0.25) is 0 Å². The summed E-state index contributed by atoms with van der Waals surface area (Å²) in [6.07, 6.45) is 5.86. The number of hydrogen-bond donors (Lipinski definition) is 2. The topological polar surface area (TPSA) is 105 Å². The highest BCUT2D eigenvalue weighted by Crippen LogP contribution is 2.47. The van der Waals surface area contributed by atoms with Crippen molar-refractivity contribution in [1.82, 2.24) is 14.9 Å². The maximum absolute atomic E-state index is 12.7. The van der Waals surface area contributed by atoms with Crippen molar-refractivity contribution in [3.8, 4) is 5.75 Å². The third-order valence-electron chi connectivity index (χ3n) is 6.32. The Kier molecular flexibility index (Phi) is 6.25. The fraction of sp³-hybridized carbons (Fsp3) is 0.636. The molecular formula is C22H31N3O5S. The molecule has 1 unspecified atom stereocenters. The number of ether oxygens (including phenoxy) is 1. The molecule has 3 aliphatic rings. The minimum Gasteiger partial charge on any atom is -0.493 e. The number of carbonyl (C=O) groups excluding carboxylic acids is 2. The Morgan fingerprint density at radius 3 is 2.61 bits per heavy atom. The number of hydrogen-bond acceptors (Lipinski definition) is 5. The summed E-state index contributed by atoms with van der Waals surface area (Å²) >= 11 is 0. The van der Waals surface area contributed by atoms with Gasteiger partial charge in [-0.25, -0.2) is 17.9 Å². The van der Waals surface area contributed by atoms with E-state index in [-0.39, 0.29) is 17.7 Å². The SMILES string of the molecule is CC1C(=O)NC(=O)N1CCCCCS(=O)(=O)NC1(c2cccc(OCC3CC3)c2)CC1. The van der Waals surface area contributed by atoms with Gasteiger partial charge in [0.15, 0.2) is 0 Å². The van der Waals surface area contributed by atoms with Gasteiger partial charge >= 0.3 is 6.03 Å². The Labute approximate surface area is 183 Å². The van der Waals surface area contributed by atoms with Gasteiger partial charge in [0.05, 0.1) is 17.9 Å². The number of amides is 3. The molecule has 9 heteroatoms. The van der Waals surface area contributed by atoms with E-state index in [0.717, 1.165) is 30.8 Å². The van der Waals surface area contributed by atoms with E-state index in [4.69, 9.17) is 4.74 Å². The molecule has 0 aromatic heterocycles. The molecule has 3 amide bonds. The Hall–Kier alpha value is -2.13. The number of imide groups is 1. The van der Waals surface area contributed by atoms with Crippen LogP contribution in [0.15, 0.2) is 24.3 Å². The summed E-state index contributed by atoms with van der Waals surface area (Å²) in [7, 11) is -3.42. The van der Waals surface area contributed by atoms with Crippen LogP contribution in [0.1, 0.15) is 57.4 Å². The molecule has 8 nitrogen and oxygen atoms in total. The van der Waals surface area contributed by atoms with E-state index in [1.165, 1.54) is 17.7 Å². The molecule has 1 saturated heterocycles. The van der Waals surface area contributed by atoms with Crippen LogP contribution in [0.25, 0.3) is 0 Å². The highest BCUT2D eigenvalue weighted by molar-refractivity contribution is 7.89. The molecule has 31 heavy (non-hydrogen) atoms. The molecule has 4 rings (SSSR count). The molecule has 170 valence electrons. The van der Waals surface area contributed by atoms with Crippen molar-refractivity contribution in [1.29, 1.82) is 0 Å². The Morgan fingerprint density at radius 1 is 1.19 bits per heavy atom. The van der Waals surface area contributed by atoms with Crippen molar-refractivity contribution >= 4 is 22.0 Å². The molecule has 0 bridgehead atoms. The predicted octanol–water partition coefficient (Wildman–Crippen LogP) is 2.49. The highest BCUT2D eigenvalue weighted by Gasteiger charge is 2.47. The number of urea groups is 1. The molecular weight excluding hydrogens is 418 g/mol. The Bertz CT molecular complexity index is 940. The fourth-order valence-electron chi connectivity index (χ4n) is 3.95. The average Bonchev–Trinajstić information content (AvgIpc) is 3.64. The molecule has 1 aromatic rings. The van der Waals surface area contributed by atoms with Crippen LogP contribution in [0.4, 0.5) is 4.79 Å². The average molecular weight is 450 g/mol. The Morgan fingerprint density at radius 2 is 1.97 bits per heavy atom. The van der Waals surface area contributed by atoms with E-state index in [1.54, 1.807) is 6.92 Å². The molecule has 1 aliphatic heterocycles. The van der Waals surface area contributed by atoms with Crippen molar-refractivity contribution in [3.63, 3.8) is 0 Å². The van der Waals surface area contributed by atoms with E-state index in [1.807, 2.05) is 24.3 Å². The molecule has 3 fully saturated rings. The lowest BCUT2D eigenvalue weighted by Crippen LogP contribution is -2.36. The largest absolute Gasteiger partial charge is 0.493 e. The summed E-state index contributed by atoms with van der Waals surface area (Å²) in [6.45, 7) is 2.87. The lowest BCUT2D eigenvalue weighted by molar-refractivity contribution is -0.121. The van der Waals surface area contributed by atoms with Crippen LogP contribution < -0.4 is 14.8 Å². The molecule has 1 heterocycles. The first-order valence-electron chi connectivity index (χ1n) is 11.1. The van der Waals surface area contributed by atoms with E-state index < -0.39 is 21.6 Å². The van der Waals surface area contributed by atoms with Crippen molar-refractivity contribution in [2.75, 3.05) is 18.9 Å². The first-order valence-corrected chi connectivity index (χ1v) is 12.8. The number of carbonyl (C=O) groups is 2. The van der Waals surface area contributed by atoms with Gasteiger partial charge in [-0.1, -0.05) is 18.6 Å². The van der Waals surface area contributed by atoms with E-state index >= 15 is 0 Å². The zero-order valence-corrected chi connectivity index (χ0v) is 18.7. The minimum atomic E-state index is -3.42. The maximum atomic E-state index is 12.7. The van der Waals surface area contributed by atoms with Gasteiger partial charge in [0.25, 0.3) is 5.91 Å². The maximum Gasteiger partial charge on any atom is 0.324 e. The second kappa shape index (κ2) is 8.78. The zero-order chi connectivity index (χ0) is 22.1. The van der Waals surface area contributed by atoms with Gasteiger partial charge < -0.3 is 9.64 Å². The second-order valence-corrected chi connectivity index (χ2v) is 10.9. The van der Waals surface area contributed by atoms with Gasteiger partial charge in [0.1, 0.15) is 11.8 Å².